The predicted molar refractivity (Wildman–Crippen MR) is 99.1 cm³/mol. The number of thiophene rings is 1. The van der Waals surface area contributed by atoms with Crippen molar-refractivity contribution in [3.05, 3.63) is 71.3 Å². The zero-order valence-corrected chi connectivity index (χ0v) is 14.2. The van der Waals surface area contributed by atoms with E-state index in [1.165, 1.54) is 0 Å². The van der Waals surface area contributed by atoms with Crippen molar-refractivity contribution in [2.24, 2.45) is 0 Å². The SMILES string of the molecule is O=C(Cn1cnc2ccccc21)NCc1ccnc(-c2ccsc2)c1. The van der Waals surface area contributed by atoms with Gasteiger partial charge >= 0.3 is 0 Å². The first kappa shape index (κ1) is 15.5. The number of pyridine rings is 1. The van der Waals surface area contributed by atoms with Crippen LogP contribution in [0.5, 0.6) is 0 Å². The van der Waals surface area contributed by atoms with E-state index < -0.39 is 0 Å². The Morgan fingerprint density at radius 3 is 2.96 bits per heavy atom. The van der Waals surface area contributed by atoms with Crippen LogP contribution in [-0.2, 0) is 17.9 Å². The van der Waals surface area contributed by atoms with Crippen molar-refractivity contribution < 1.29 is 4.79 Å². The van der Waals surface area contributed by atoms with E-state index in [9.17, 15) is 4.79 Å². The van der Waals surface area contributed by atoms with E-state index in [1.54, 1.807) is 23.9 Å². The number of para-hydroxylation sites is 2. The van der Waals surface area contributed by atoms with Crippen LogP contribution in [0.3, 0.4) is 0 Å². The standard InChI is InChI=1S/C19H16N4OS/c24-19(11-23-13-22-16-3-1-2-4-18(16)23)21-10-14-5-7-20-17(9-14)15-6-8-25-12-15/h1-9,12-13H,10-11H2,(H,21,24). The van der Waals surface area contributed by atoms with Gasteiger partial charge in [0.15, 0.2) is 0 Å². The van der Waals surface area contributed by atoms with E-state index in [2.05, 4.69) is 20.7 Å². The number of nitrogens with zero attached hydrogens (tertiary/aromatic N) is 3. The molecule has 0 fully saturated rings. The normalized spacial score (nSPS) is 10.9. The molecule has 6 heteroatoms. The molecule has 124 valence electrons. The number of rotatable bonds is 5. The van der Waals surface area contributed by atoms with Gasteiger partial charge in [0.1, 0.15) is 6.54 Å². The number of carbonyl (C=O) groups is 1. The van der Waals surface area contributed by atoms with Crippen molar-refractivity contribution in [3.63, 3.8) is 0 Å². The second kappa shape index (κ2) is 6.86. The van der Waals surface area contributed by atoms with E-state index >= 15 is 0 Å². The van der Waals surface area contributed by atoms with Gasteiger partial charge in [-0.3, -0.25) is 9.78 Å². The zero-order valence-electron chi connectivity index (χ0n) is 13.4. The Bertz CT molecular complexity index is 1010. The topological polar surface area (TPSA) is 59.8 Å². The van der Waals surface area contributed by atoms with Crippen LogP contribution in [0.4, 0.5) is 0 Å². The quantitative estimate of drug-likeness (QED) is 0.601. The van der Waals surface area contributed by atoms with Crippen LogP contribution in [0.25, 0.3) is 22.3 Å². The van der Waals surface area contributed by atoms with Gasteiger partial charge in [-0.25, -0.2) is 4.98 Å². The summed E-state index contributed by atoms with van der Waals surface area (Å²) in [5, 5.41) is 7.05. The van der Waals surface area contributed by atoms with Crippen molar-refractivity contribution in [2.45, 2.75) is 13.1 Å². The molecule has 3 aromatic heterocycles. The lowest BCUT2D eigenvalue weighted by molar-refractivity contribution is -0.121. The summed E-state index contributed by atoms with van der Waals surface area (Å²) in [6.07, 6.45) is 3.48. The smallest absolute Gasteiger partial charge is 0.240 e. The first-order valence-electron chi connectivity index (χ1n) is 7.94. The second-order valence-corrected chi connectivity index (χ2v) is 6.48. The Kier molecular flexibility index (Phi) is 4.26. The molecule has 0 bridgehead atoms. The van der Waals surface area contributed by atoms with Gasteiger partial charge in [0, 0.05) is 23.7 Å². The Morgan fingerprint density at radius 2 is 2.08 bits per heavy atom. The maximum atomic E-state index is 12.3. The average Bonchev–Trinajstić information content (AvgIpc) is 3.31. The maximum Gasteiger partial charge on any atom is 0.240 e. The van der Waals surface area contributed by atoms with E-state index in [0.29, 0.717) is 6.54 Å². The molecule has 0 atom stereocenters. The minimum atomic E-state index is -0.0444. The third-order valence-corrected chi connectivity index (χ3v) is 4.66. The highest BCUT2D eigenvalue weighted by Gasteiger charge is 2.07. The lowest BCUT2D eigenvalue weighted by Crippen LogP contribution is -2.26. The largest absolute Gasteiger partial charge is 0.350 e. The molecule has 5 nitrogen and oxygen atoms in total. The summed E-state index contributed by atoms with van der Waals surface area (Å²) in [5.74, 6) is -0.0444. The van der Waals surface area contributed by atoms with Gasteiger partial charge in [0.05, 0.1) is 23.1 Å². The summed E-state index contributed by atoms with van der Waals surface area (Å²) in [6.45, 7) is 0.730. The number of aromatic nitrogens is 3. The molecule has 0 unspecified atom stereocenters. The molecule has 0 spiro atoms. The average molecular weight is 348 g/mol. The van der Waals surface area contributed by atoms with Crippen molar-refractivity contribution in [1.82, 2.24) is 19.9 Å². The lowest BCUT2D eigenvalue weighted by atomic mass is 10.1. The number of hydrogen-bond donors (Lipinski definition) is 1. The van der Waals surface area contributed by atoms with Crippen molar-refractivity contribution >= 4 is 28.3 Å². The summed E-state index contributed by atoms with van der Waals surface area (Å²) < 4.78 is 1.86. The molecule has 1 N–H and O–H groups in total. The monoisotopic (exact) mass is 348 g/mol. The van der Waals surface area contributed by atoms with Gasteiger partial charge in [0.25, 0.3) is 0 Å². The second-order valence-electron chi connectivity index (χ2n) is 5.70. The fourth-order valence-electron chi connectivity index (χ4n) is 2.70. The summed E-state index contributed by atoms with van der Waals surface area (Å²) >= 11 is 1.64. The third kappa shape index (κ3) is 3.44. The Balaban J connectivity index is 1.41. The summed E-state index contributed by atoms with van der Waals surface area (Å²) in [7, 11) is 0. The van der Waals surface area contributed by atoms with Crippen LogP contribution in [0.1, 0.15) is 5.56 Å². The number of carbonyl (C=O) groups excluding carboxylic acids is 1. The van der Waals surface area contributed by atoms with Crippen LogP contribution in [0.2, 0.25) is 0 Å². The number of fused-ring (bicyclic) bond motifs is 1. The van der Waals surface area contributed by atoms with Crippen LogP contribution in [0.15, 0.2) is 65.7 Å². The van der Waals surface area contributed by atoms with Crippen molar-refractivity contribution in [1.29, 1.82) is 0 Å². The number of amides is 1. The van der Waals surface area contributed by atoms with E-state index in [-0.39, 0.29) is 12.5 Å². The summed E-state index contributed by atoms with van der Waals surface area (Å²) in [4.78, 5) is 21.0. The highest BCUT2D eigenvalue weighted by Crippen LogP contribution is 2.20. The van der Waals surface area contributed by atoms with E-state index in [1.807, 2.05) is 52.4 Å². The molecular weight excluding hydrogens is 332 g/mol. The van der Waals surface area contributed by atoms with Gasteiger partial charge in [-0.2, -0.15) is 11.3 Å². The lowest BCUT2D eigenvalue weighted by Gasteiger charge is -2.08. The summed E-state index contributed by atoms with van der Waals surface area (Å²) in [5.41, 5.74) is 4.91. The number of imidazole rings is 1. The fraction of sp³-hybridized carbons (Fsp3) is 0.105. The van der Waals surface area contributed by atoms with Crippen LogP contribution < -0.4 is 5.32 Å². The molecule has 1 amide bonds. The van der Waals surface area contributed by atoms with Gasteiger partial charge in [-0.05, 0) is 41.3 Å². The predicted octanol–water partition coefficient (Wildman–Crippen LogP) is 3.48. The molecular formula is C19H16N4OS. The van der Waals surface area contributed by atoms with Gasteiger partial charge in [-0.15, -0.1) is 0 Å². The van der Waals surface area contributed by atoms with Gasteiger partial charge in [0.2, 0.25) is 5.91 Å². The van der Waals surface area contributed by atoms with Crippen LogP contribution in [0, 0.1) is 0 Å². The van der Waals surface area contributed by atoms with Gasteiger partial charge in [-0.1, -0.05) is 12.1 Å². The van der Waals surface area contributed by atoms with Crippen LogP contribution >= 0.6 is 11.3 Å². The minimum absolute atomic E-state index is 0.0444. The zero-order chi connectivity index (χ0) is 17.1. The molecule has 3 heterocycles. The molecule has 0 saturated heterocycles. The Morgan fingerprint density at radius 1 is 1.16 bits per heavy atom. The highest BCUT2D eigenvalue weighted by atomic mass is 32.1. The third-order valence-electron chi connectivity index (χ3n) is 3.97. The molecule has 4 aromatic rings. The first-order valence-corrected chi connectivity index (χ1v) is 8.88. The molecule has 0 aliphatic rings. The Labute approximate surface area is 149 Å². The van der Waals surface area contributed by atoms with E-state index in [4.69, 9.17) is 0 Å². The molecule has 0 radical (unpaired) electrons. The van der Waals surface area contributed by atoms with Crippen molar-refractivity contribution in [3.8, 4) is 11.3 Å². The number of benzene rings is 1. The van der Waals surface area contributed by atoms with Crippen molar-refractivity contribution in [2.75, 3.05) is 0 Å². The maximum absolute atomic E-state index is 12.3. The number of nitrogens with one attached hydrogen (secondary N) is 1. The molecule has 0 saturated carbocycles. The molecule has 25 heavy (non-hydrogen) atoms. The number of hydrogen-bond acceptors (Lipinski definition) is 4. The first-order chi connectivity index (χ1) is 12.3. The molecule has 4 rings (SSSR count). The Hall–Kier alpha value is -2.99. The molecule has 0 aliphatic heterocycles. The van der Waals surface area contributed by atoms with Gasteiger partial charge < -0.3 is 9.88 Å². The summed E-state index contributed by atoms with van der Waals surface area (Å²) in [6, 6.07) is 13.8. The van der Waals surface area contributed by atoms with E-state index in [0.717, 1.165) is 27.9 Å². The highest BCUT2D eigenvalue weighted by molar-refractivity contribution is 7.08. The fourth-order valence-corrected chi connectivity index (χ4v) is 3.35. The molecule has 1 aromatic carbocycles. The minimum Gasteiger partial charge on any atom is -0.350 e. The molecule has 0 aliphatic carbocycles. The van der Waals surface area contributed by atoms with Crippen LogP contribution in [-0.4, -0.2) is 20.4 Å².